The quantitative estimate of drug-likeness (QED) is 0.840. The predicted octanol–water partition coefficient (Wildman–Crippen LogP) is 3.06. The van der Waals surface area contributed by atoms with Gasteiger partial charge in [-0.2, -0.15) is 5.26 Å². The molecule has 0 bridgehead atoms. The number of methoxy groups -OCH3 is 1. The van der Waals surface area contributed by atoms with Gasteiger partial charge >= 0.3 is 0 Å². The molecule has 96 valence electrons. The van der Waals surface area contributed by atoms with Gasteiger partial charge in [-0.15, -0.1) is 0 Å². The van der Waals surface area contributed by atoms with Gasteiger partial charge in [0.2, 0.25) is 0 Å². The SMILES string of the molecule is COc1cnc(CCc2ccc(C)cc2)cc1C#N. The van der Waals surface area contributed by atoms with Gasteiger partial charge in [0.1, 0.15) is 6.07 Å². The molecule has 1 aromatic heterocycles. The van der Waals surface area contributed by atoms with E-state index in [4.69, 9.17) is 10.00 Å². The third-order valence-electron chi connectivity index (χ3n) is 3.05. The molecule has 0 amide bonds. The van der Waals surface area contributed by atoms with Crippen LogP contribution in [0.25, 0.3) is 0 Å². The average Bonchev–Trinajstić information content (AvgIpc) is 2.46. The number of pyridine rings is 1. The van der Waals surface area contributed by atoms with Gasteiger partial charge in [-0.1, -0.05) is 29.8 Å². The number of rotatable bonds is 4. The van der Waals surface area contributed by atoms with Gasteiger partial charge in [0.25, 0.3) is 0 Å². The van der Waals surface area contributed by atoms with Gasteiger partial charge in [-0.05, 0) is 31.4 Å². The monoisotopic (exact) mass is 252 g/mol. The highest BCUT2D eigenvalue weighted by Gasteiger charge is 2.05. The van der Waals surface area contributed by atoms with Crippen LogP contribution in [0.2, 0.25) is 0 Å². The molecule has 0 fully saturated rings. The molecule has 0 aliphatic carbocycles. The summed E-state index contributed by atoms with van der Waals surface area (Å²) in [7, 11) is 1.55. The van der Waals surface area contributed by atoms with E-state index >= 15 is 0 Å². The van der Waals surface area contributed by atoms with Gasteiger partial charge in [-0.3, -0.25) is 4.98 Å². The van der Waals surface area contributed by atoms with Gasteiger partial charge in [0.15, 0.2) is 5.75 Å². The van der Waals surface area contributed by atoms with Crippen LogP contribution < -0.4 is 4.74 Å². The maximum atomic E-state index is 9.03. The summed E-state index contributed by atoms with van der Waals surface area (Å²) in [6, 6.07) is 12.4. The van der Waals surface area contributed by atoms with Gasteiger partial charge in [0.05, 0.1) is 18.9 Å². The van der Waals surface area contributed by atoms with E-state index in [0.717, 1.165) is 18.5 Å². The van der Waals surface area contributed by atoms with E-state index in [-0.39, 0.29) is 0 Å². The fourth-order valence-electron chi connectivity index (χ4n) is 1.90. The highest BCUT2D eigenvalue weighted by atomic mass is 16.5. The first-order valence-electron chi connectivity index (χ1n) is 6.21. The lowest BCUT2D eigenvalue weighted by Crippen LogP contribution is -1.97. The van der Waals surface area contributed by atoms with E-state index in [1.807, 2.05) is 0 Å². The normalized spacial score (nSPS) is 9.95. The van der Waals surface area contributed by atoms with Crippen molar-refractivity contribution in [3.8, 4) is 11.8 Å². The molecule has 1 heterocycles. The van der Waals surface area contributed by atoms with E-state index < -0.39 is 0 Å². The number of benzene rings is 1. The molecule has 2 aromatic rings. The molecule has 19 heavy (non-hydrogen) atoms. The molecule has 0 unspecified atom stereocenters. The molecule has 0 aliphatic heterocycles. The summed E-state index contributed by atoms with van der Waals surface area (Å²) < 4.78 is 5.08. The predicted molar refractivity (Wildman–Crippen MR) is 74.1 cm³/mol. The summed E-state index contributed by atoms with van der Waals surface area (Å²) in [5.41, 5.74) is 3.99. The maximum absolute atomic E-state index is 9.03. The van der Waals surface area contributed by atoms with Gasteiger partial charge in [-0.25, -0.2) is 0 Å². The van der Waals surface area contributed by atoms with Crippen LogP contribution in [0.5, 0.6) is 5.75 Å². The molecule has 3 nitrogen and oxygen atoms in total. The van der Waals surface area contributed by atoms with Crippen molar-refractivity contribution in [1.29, 1.82) is 5.26 Å². The number of aromatic nitrogens is 1. The summed E-state index contributed by atoms with van der Waals surface area (Å²) in [6.07, 6.45) is 3.36. The van der Waals surface area contributed by atoms with Crippen molar-refractivity contribution < 1.29 is 4.74 Å². The molecule has 0 saturated heterocycles. The Kier molecular flexibility index (Phi) is 4.15. The van der Waals surface area contributed by atoms with E-state index in [0.29, 0.717) is 11.3 Å². The molecule has 1 aromatic carbocycles. The Morgan fingerprint density at radius 2 is 1.95 bits per heavy atom. The Balaban J connectivity index is 2.08. The number of hydrogen-bond donors (Lipinski definition) is 0. The van der Waals surface area contributed by atoms with E-state index in [2.05, 4.69) is 42.2 Å². The maximum Gasteiger partial charge on any atom is 0.154 e. The molecule has 3 heteroatoms. The minimum atomic E-state index is 0.529. The second-order valence-corrected chi connectivity index (χ2v) is 4.47. The number of nitrogens with zero attached hydrogens (tertiary/aromatic N) is 2. The Hall–Kier alpha value is -2.34. The molecule has 0 saturated carbocycles. The lowest BCUT2D eigenvalue weighted by Gasteiger charge is -2.05. The van der Waals surface area contributed by atoms with Crippen molar-refractivity contribution in [1.82, 2.24) is 4.98 Å². The number of ether oxygens (including phenoxy) is 1. The highest BCUT2D eigenvalue weighted by Crippen LogP contribution is 2.17. The minimum absolute atomic E-state index is 0.529. The Bertz CT molecular complexity index is 597. The third-order valence-corrected chi connectivity index (χ3v) is 3.05. The average molecular weight is 252 g/mol. The van der Waals surface area contributed by atoms with Crippen LogP contribution in [-0.2, 0) is 12.8 Å². The summed E-state index contributed by atoms with van der Waals surface area (Å²) in [6.45, 7) is 2.08. The standard InChI is InChI=1S/C16H16N2O/c1-12-3-5-13(6-4-12)7-8-15-9-14(10-17)16(19-2)11-18-15/h3-6,9,11H,7-8H2,1-2H3. The van der Waals surface area contributed by atoms with Crippen LogP contribution in [-0.4, -0.2) is 12.1 Å². The van der Waals surface area contributed by atoms with Crippen LogP contribution in [0.4, 0.5) is 0 Å². The van der Waals surface area contributed by atoms with Crippen LogP contribution in [0.1, 0.15) is 22.4 Å². The summed E-state index contributed by atoms with van der Waals surface area (Å²) in [5.74, 6) is 0.529. The Labute approximate surface area is 113 Å². The van der Waals surface area contributed by atoms with Crippen molar-refractivity contribution in [2.75, 3.05) is 7.11 Å². The largest absolute Gasteiger partial charge is 0.494 e. The van der Waals surface area contributed by atoms with Crippen molar-refractivity contribution in [2.24, 2.45) is 0 Å². The van der Waals surface area contributed by atoms with Crippen LogP contribution in [0.3, 0.4) is 0 Å². The number of nitriles is 1. The zero-order valence-corrected chi connectivity index (χ0v) is 11.2. The molecule has 0 radical (unpaired) electrons. The minimum Gasteiger partial charge on any atom is -0.494 e. The fourth-order valence-corrected chi connectivity index (χ4v) is 1.90. The Morgan fingerprint density at radius 1 is 1.21 bits per heavy atom. The zero-order valence-electron chi connectivity index (χ0n) is 11.2. The lowest BCUT2D eigenvalue weighted by atomic mass is 10.1. The van der Waals surface area contributed by atoms with Gasteiger partial charge in [0, 0.05) is 5.69 Å². The van der Waals surface area contributed by atoms with Crippen LogP contribution in [0, 0.1) is 18.3 Å². The van der Waals surface area contributed by atoms with E-state index in [1.165, 1.54) is 11.1 Å². The first kappa shape index (κ1) is 13.1. The topological polar surface area (TPSA) is 45.9 Å². The summed E-state index contributed by atoms with van der Waals surface area (Å²) in [5, 5.41) is 9.03. The number of hydrogen-bond acceptors (Lipinski definition) is 3. The van der Waals surface area contributed by atoms with Crippen molar-refractivity contribution in [2.45, 2.75) is 19.8 Å². The first-order valence-corrected chi connectivity index (χ1v) is 6.21. The van der Waals surface area contributed by atoms with Gasteiger partial charge < -0.3 is 4.74 Å². The van der Waals surface area contributed by atoms with Crippen molar-refractivity contribution in [3.05, 3.63) is 58.9 Å². The van der Waals surface area contributed by atoms with Crippen LogP contribution in [0.15, 0.2) is 36.5 Å². The molecule has 0 aliphatic rings. The highest BCUT2D eigenvalue weighted by molar-refractivity contribution is 5.42. The van der Waals surface area contributed by atoms with E-state index in [9.17, 15) is 0 Å². The smallest absolute Gasteiger partial charge is 0.154 e. The summed E-state index contributed by atoms with van der Waals surface area (Å²) in [4.78, 5) is 4.31. The molecule has 0 N–H and O–H groups in total. The molecular formula is C16H16N2O. The molecule has 2 rings (SSSR count). The van der Waals surface area contributed by atoms with E-state index in [1.54, 1.807) is 19.4 Å². The molecular weight excluding hydrogens is 236 g/mol. The zero-order chi connectivity index (χ0) is 13.7. The van der Waals surface area contributed by atoms with Crippen molar-refractivity contribution >= 4 is 0 Å². The lowest BCUT2D eigenvalue weighted by molar-refractivity contribution is 0.411. The first-order chi connectivity index (χ1) is 9.22. The molecule has 0 atom stereocenters. The number of aryl methyl sites for hydroxylation is 3. The fraction of sp³-hybridized carbons (Fsp3) is 0.250. The second kappa shape index (κ2) is 6.01. The summed E-state index contributed by atoms with van der Waals surface area (Å²) >= 11 is 0. The molecule has 0 spiro atoms. The second-order valence-electron chi connectivity index (χ2n) is 4.47. The van der Waals surface area contributed by atoms with Crippen molar-refractivity contribution in [3.63, 3.8) is 0 Å². The van der Waals surface area contributed by atoms with Crippen LogP contribution >= 0.6 is 0 Å². The Morgan fingerprint density at radius 3 is 2.58 bits per heavy atom. The third kappa shape index (κ3) is 3.32.